The lowest BCUT2D eigenvalue weighted by atomic mass is 9.79. The summed E-state index contributed by atoms with van der Waals surface area (Å²) in [7, 11) is 0. The van der Waals surface area contributed by atoms with Gasteiger partial charge in [-0.1, -0.05) is 25.7 Å². The van der Waals surface area contributed by atoms with Crippen LogP contribution in [0.2, 0.25) is 0 Å². The molecule has 1 saturated carbocycles. The largest absolute Gasteiger partial charge is 0.393 e. The van der Waals surface area contributed by atoms with Crippen LogP contribution in [0.5, 0.6) is 0 Å². The Labute approximate surface area is 213 Å². The van der Waals surface area contributed by atoms with Crippen molar-refractivity contribution < 1.29 is 20.1 Å². The van der Waals surface area contributed by atoms with Gasteiger partial charge in [0.05, 0.1) is 30.6 Å². The fourth-order valence-corrected chi connectivity index (χ4v) is 6.35. The molecule has 0 spiro atoms. The first kappa shape index (κ1) is 28.9. The van der Waals surface area contributed by atoms with Crippen LogP contribution in [0.25, 0.3) is 0 Å². The summed E-state index contributed by atoms with van der Waals surface area (Å²) >= 11 is 0. The van der Waals surface area contributed by atoms with Gasteiger partial charge in [-0.15, -0.1) is 5.92 Å². The van der Waals surface area contributed by atoms with Crippen LogP contribution < -0.4 is 11.1 Å². The van der Waals surface area contributed by atoms with E-state index in [-0.39, 0.29) is 24.3 Å². The molecular formula is C29H52N2O4. The second-order valence-electron chi connectivity index (χ2n) is 11.5. The van der Waals surface area contributed by atoms with Gasteiger partial charge in [-0.3, -0.25) is 0 Å². The third-order valence-corrected chi connectivity index (χ3v) is 8.80. The van der Waals surface area contributed by atoms with Gasteiger partial charge >= 0.3 is 0 Å². The predicted octanol–water partition coefficient (Wildman–Crippen LogP) is 3.71. The molecule has 35 heavy (non-hydrogen) atoms. The van der Waals surface area contributed by atoms with Crippen molar-refractivity contribution in [1.29, 1.82) is 0 Å². The molecule has 202 valence electrons. The number of nitrogens with two attached hydrogens (primary N) is 1. The van der Waals surface area contributed by atoms with Crippen LogP contribution in [0.1, 0.15) is 103 Å². The first-order valence-corrected chi connectivity index (χ1v) is 14.6. The number of hydrogen-bond acceptors (Lipinski definition) is 6. The van der Waals surface area contributed by atoms with E-state index >= 15 is 0 Å². The van der Waals surface area contributed by atoms with E-state index in [0.717, 1.165) is 83.6 Å². The molecule has 0 aromatic heterocycles. The van der Waals surface area contributed by atoms with E-state index in [2.05, 4.69) is 24.1 Å². The Kier molecular flexibility index (Phi) is 12.8. The van der Waals surface area contributed by atoms with Crippen molar-refractivity contribution in [2.75, 3.05) is 13.2 Å². The number of rotatable bonds is 10. The topological polar surface area (TPSA) is 108 Å². The Morgan fingerprint density at radius 3 is 2.60 bits per heavy atom. The fraction of sp³-hybridized carbons (Fsp3) is 0.931. The van der Waals surface area contributed by atoms with Crippen molar-refractivity contribution in [1.82, 2.24) is 5.32 Å². The van der Waals surface area contributed by atoms with E-state index in [9.17, 15) is 15.3 Å². The predicted molar refractivity (Wildman–Crippen MR) is 140 cm³/mol. The van der Waals surface area contributed by atoms with Gasteiger partial charge in [-0.2, -0.15) is 0 Å². The van der Waals surface area contributed by atoms with Crippen molar-refractivity contribution >= 4 is 0 Å². The highest BCUT2D eigenvalue weighted by Crippen LogP contribution is 2.32. The first-order valence-electron chi connectivity index (χ1n) is 14.6. The van der Waals surface area contributed by atoms with Gasteiger partial charge < -0.3 is 31.1 Å². The molecule has 6 N–H and O–H groups in total. The van der Waals surface area contributed by atoms with E-state index < -0.39 is 12.2 Å². The maximum absolute atomic E-state index is 11.0. The zero-order chi connectivity index (χ0) is 25.0. The molecule has 2 aliphatic carbocycles. The summed E-state index contributed by atoms with van der Waals surface area (Å²) in [6, 6.07) is 0. The molecule has 1 aliphatic heterocycles. The maximum Gasteiger partial charge on any atom is 0.0836 e. The van der Waals surface area contributed by atoms with E-state index in [1.165, 1.54) is 6.42 Å². The van der Waals surface area contributed by atoms with Gasteiger partial charge in [0.15, 0.2) is 0 Å². The molecule has 1 heterocycles. The molecule has 0 bridgehead atoms. The summed E-state index contributed by atoms with van der Waals surface area (Å²) in [6.45, 7) is 3.89. The Bertz CT molecular complexity index is 650. The molecule has 5 unspecified atom stereocenters. The molecule has 6 nitrogen and oxygen atoms in total. The minimum absolute atomic E-state index is 0.0998. The van der Waals surface area contributed by atoms with Crippen LogP contribution in [-0.4, -0.2) is 59.1 Å². The monoisotopic (exact) mass is 492 g/mol. The van der Waals surface area contributed by atoms with Crippen LogP contribution >= 0.6 is 0 Å². The molecular weight excluding hydrogens is 440 g/mol. The standard InChI is InChI=1S/C29H52N2O4/c1-2-21-7-3-4-11-25(32)24(10-5-8-21)26(33)14-12-23-13-15-27(34)28(19-23)35-18-6-9-22-16-17-31-29(30)20-22/h21-29,31-34H,2-4,6-7,9-20,30H2,1H3/t21-,22?,23?,24-,25-,26+,27?,28?,29?/m0/s1. The van der Waals surface area contributed by atoms with Gasteiger partial charge in [-0.25, -0.2) is 0 Å². The molecule has 6 heteroatoms. The van der Waals surface area contributed by atoms with E-state index in [1.807, 2.05) is 0 Å². The highest BCUT2D eigenvalue weighted by molar-refractivity contribution is 5.06. The zero-order valence-electron chi connectivity index (χ0n) is 22.0. The molecule has 9 atom stereocenters. The number of ether oxygens (including phenoxy) is 1. The average Bonchev–Trinajstić information content (AvgIpc) is 2.85. The van der Waals surface area contributed by atoms with E-state index in [0.29, 0.717) is 37.2 Å². The van der Waals surface area contributed by atoms with Gasteiger partial charge in [0.1, 0.15) is 0 Å². The van der Waals surface area contributed by atoms with Gasteiger partial charge in [0.2, 0.25) is 0 Å². The van der Waals surface area contributed by atoms with Gasteiger partial charge in [0.25, 0.3) is 0 Å². The Hall–Kier alpha value is -0.680. The Balaban J connectivity index is 1.40. The summed E-state index contributed by atoms with van der Waals surface area (Å²) in [5, 5.41) is 35.5. The summed E-state index contributed by atoms with van der Waals surface area (Å²) in [5.41, 5.74) is 6.01. The van der Waals surface area contributed by atoms with Crippen molar-refractivity contribution in [3.05, 3.63) is 0 Å². The molecule has 0 aromatic carbocycles. The number of piperidine rings is 1. The molecule has 3 rings (SSSR count). The Morgan fingerprint density at radius 2 is 1.80 bits per heavy atom. The normalized spacial score (nSPS) is 37.7. The minimum Gasteiger partial charge on any atom is -0.393 e. The van der Waals surface area contributed by atoms with E-state index in [1.54, 1.807) is 0 Å². The summed E-state index contributed by atoms with van der Waals surface area (Å²) in [4.78, 5) is 0. The fourth-order valence-electron chi connectivity index (χ4n) is 6.35. The van der Waals surface area contributed by atoms with Crippen LogP contribution in [0.4, 0.5) is 0 Å². The molecule has 0 amide bonds. The second-order valence-corrected chi connectivity index (χ2v) is 11.5. The van der Waals surface area contributed by atoms with Crippen molar-refractivity contribution in [2.24, 2.45) is 29.4 Å². The lowest BCUT2D eigenvalue weighted by molar-refractivity contribution is -0.0755. The van der Waals surface area contributed by atoms with Crippen molar-refractivity contribution in [2.45, 2.75) is 134 Å². The van der Waals surface area contributed by atoms with Gasteiger partial charge in [0, 0.05) is 24.9 Å². The molecule has 2 fully saturated rings. The zero-order valence-corrected chi connectivity index (χ0v) is 22.0. The lowest BCUT2D eigenvalue weighted by Gasteiger charge is -2.34. The third kappa shape index (κ3) is 9.95. The van der Waals surface area contributed by atoms with Crippen LogP contribution in [0, 0.1) is 35.5 Å². The summed E-state index contributed by atoms with van der Waals surface area (Å²) < 4.78 is 6.14. The molecule has 0 aromatic rings. The highest BCUT2D eigenvalue weighted by atomic mass is 16.5. The number of aliphatic hydroxyl groups excluding tert-OH is 3. The lowest BCUT2D eigenvalue weighted by Crippen LogP contribution is -2.44. The highest BCUT2D eigenvalue weighted by Gasteiger charge is 2.32. The molecule has 3 aliphatic rings. The number of aliphatic hydroxyl groups is 3. The number of nitrogens with one attached hydrogen (secondary N) is 1. The maximum atomic E-state index is 11.0. The molecule has 0 radical (unpaired) electrons. The first-order chi connectivity index (χ1) is 17.0. The third-order valence-electron chi connectivity index (χ3n) is 8.80. The quantitative estimate of drug-likeness (QED) is 0.235. The van der Waals surface area contributed by atoms with E-state index in [4.69, 9.17) is 10.5 Å². The average molecular weight is 493 g/mol. The SMILES string of the molecule is CC[C@@H]1C#CC[C@H]([C@H](O)CCC2CCC(O)C(OCCCC3CCNC(N)C3)C2)[C@@H](O)CCCC1. The number of hydrogen-bond donors (Lipinski definition) is 5. The van der Waals surface area contributed by atoms with Gasteiger partial charge in [-0.05, 0) is 95.4 Å². The van der Waals surface area contributed by atoms with Crippen LogP contribution in [0.15, 0.2) is 0 Å². The minimum atomic E-state index is -0.527. The Morgan fingerprint density at radius 1 is 1.00 bits per heavy atom. The molecule has 1 saturated heterocycles. The second kappa shape index (κ2) is 15.5. The van der Waals surface area contributed by atoms with Crippen LogP contribution in [0.3, 0.4) is 0 Å². The van der Waals surface area contributed by atoms with Crippen molar-refractivity contribution in [3.63, 3.8) is 0 Å². The smallest absolute Gasteiger partial charge is 0.0836 e. The summed E-state index contributed by atoms with van der Waals surface area (Å²) in [6.07, 6.45) is 12.9. The van der Waals surface area contributed by atoms with Crippen molar-refractivity contribution in [3.8, 4) is 11.8 Å². The van der Waals surface area contributed by atoms with Crippen LogP contribution in [-0.2, 0) is 4.74 Å². The summed E-state index contributed by atoms with van der Waals surface area (Å²) in [5.74, 6) is 8.08.